The van der Waals surface area contributed by atoms with Crippen LogP contribution in [0.4, 0.5) is 5.69 Å². The standard InChI is InChI=1S/C20H16Cl2N4OS2/c1-2-26-19(13-10-28-16-9-4-3-6-12(13)16)24-25-20(26)29-11-17(27)23-18-14(21)7-5-8-15(18)22/h3-10H,2,11H2,1H3,(H,23,27). The van der Waals surface area contributed by atoms with Gasteiger partial charge in [0.05, 0.1) is 21.5 Å². The third-order valence-electron chi connectivity index (χ3n) is 4.31. The molecule has 0 bridgehead atoms. The predicted molar refractivity (Wildman–Crippen MR) is 122 cm³/mol. The maximum Gasteiger partial charge on any atom is 0.234 e. The zero-order chi connectivity index (χ0) is 20.4. The largest absolute Gasteiger partial charge is 0.323 e. The summed E-state index contributed by atoms with van der Waals surface area (Å²) in [4.78, 5) is 12.4. The predicted octanol–water partition coefficient (Wildman–Crippen LogP) is 6.22. The molecule has 4 rings (SSSR count). The highest BCUT2D eigenvalue weighted by Gasteiger charge is 2.18. The van der Waals surface area contributed by atoms with Crippen LogP contribution in [0, 0.1) is 0 Å². The molecule has 0 atom stereocenters. The molecule has 0 aliphatic heterocycles. The number of carbonyl (C=O) groups excluding carboxylic acids is 1. The van der Waals surface area contributed by atoms with Gasteiger partial charge in [-0.1, -0.05) is 59.2 Å². The lowest BCUT2D eigenvalue weighted by Gasteiger charge is -2.09. The van der Waals surface area contributed by atoms with E-state index in [1.54, 1.807) is 29.5 Å². The smallest absolute Gasteiger partial charge is 0.234 e. The topological polar surface area (TPSA) is 59.8 Å². The molecule has 148 valence electrons. The second-order valence-electron chi connectivity index (χ2n) is 6.13. The zero-order valence-electron chi connectivity index (χ0n) is 15.4. The number of amides is 1. The van der Waals surface area contributed by atoms with Crippen LogP contribution >= 0.6 is 46.3 Å². The van der Waals surface area contributed by atoms with Gasteiger partial charge in [-0.05, 0) is 25.1 Å². The molecule has 0 unspecified atom stereocenters. The van der Waals surface area contributed by atoms with Crippen LogP contribution in [-0.4, -0.2) is 26.4 Å². The Morgan fingerprint density at radius 1 is 1.14 bits per heavy atom. The number of fused-ring (bicyclic) bond motifs is 1. The minimum Gasteiger partial charge on any atom is -0.323 e. The lowest BCUT2D eigenvalue weighted by atomic mass is 10.1. The first-order chi connectivity index (χ1) is 14.1. The van der Waals surface area contributed by atoms with E-state index >= 15 is 0 Å². The van der Waals surface area contributed by atoms with Crippen molar-refractivity contribution in [1.29, 1.82) is 0 Å². The van der Waals surface area contributed by atoms with Crippen LogP contribution in [0.2, 0.25) is 10.0 Å². The van der Waals surface area contributed by atoms with Gasteiger partial charge in [0.25, 0.3) is 0 Å². The highest BCUT2D eigenvalue weighted by atomic mass is 35.5. The Morgan fingerprint density at radius 2 is 1.90 bits per heavy atom. The molecule has 2 aromatic heterocycles. The first-order valence-electron chi connectivity index (χ1n) is 8.85. The van der Waals surface area contributed by atoms with E-state index in [1.807, 2.05) is 23.6 Å². The fourth-order valence-electron chi connectivity index (χ4n) is 2.95. The number of nitrogens with zero attached hydrogens (tertiary/aromatic N) is 3. The van der Waals surface area contributed by atoms with Gasteiger partial charge >= 0.3 is 0 Å². The molecule has 1 N–H and O–H groups in total. The van der Waals surface area contributed by atoms with Gasteiger partial charge in [-0.3, -0.25) is 4.79 Å². The van der Waals surface area contributed by atoms with Gasteiger partial charge in [0.2, 0.25) is 5.91 Å². The zero-order valence-corrected chi connectivity index (χ0v) is 18.5. The quantitative estimate of drug-likeness (QED) is 0.345. The van der Waals surface area contributed by atoms with E-state index in [4.69, 9.17) is 23.2 Å². The molecule has 9 heteroatoms. The summed E-state index contributed by atoms with van der Waals surface area (Å²) in [5.41, 5.74) is 1.47. The number of rotatable bonds is 6. The van der Waals surface area contributed by atoms with E-state index in [2.05, 4.69) is 33.0 Å². The van der Waals surface area contributed by atoms with E-state index < -0.39 is 0 Å². The number of thiophene rings is 1. The molecule has 0 saturated carbocycles. The molecule has 0 saturated heterocycles. The monoisotopic (exact) mass is 462 g/mol. The van der Waals surface area contributed by atoms with Gasteiger partial charge < -0.3 is 9.88 Å². The third-order valence-corrected chi connectivity index (χ3v) is 6.87. The van der Waals surface area contributed by atoms with Crippen LogP contribution in [-0.2, 0) is 11.3 Å². The number of benzene rings is 2. The average molecular weight is 463 g/mol. The van der Waals surface area contributed by atoms with Gasteiger partial charge in [-0.25, -0.2) is 0 Å². The number of halogens is 2. The van der Waals surface area contributed by atoms with E-state index in [0.717, 1.165) is 16.8 Å². The van der Waals surface area contributed by atoms with Crippen molar-refractivity contribution in [2.24, 2.45) is 0 Å². The van der Waals surface area contributed by atoms with Crippen molar-refractivity contribution in [3.05, 3.63) is 57.9 Å². The van der Waals surface area contributed by atoms with Crippen molar-refractivity contribution in [3.8, 4) is 11.4 Å². The van der Waals surface area contributed by atoms with Crippen LogP contribution in [0.25, 0.3) is 21.5 Å². The number of hydrogen-bond donors (Lipinski definition) is 1. The summed E-state index contributed by atoms with van der Waals surface area (Å²) in [7, 11) is 0. The SMILES string of the molecule is CCn1c(SCC(=O)Nc2c(Cl)cccc2Cl)nnc1-c1csc2ccccc12. The Bertz CT molecular complexity index is 1170. The molecule has 0 radical (unpaired) electrons. The summed E-state index contributed by atoms with van der Waals surface area (Å²) >= 11 is 15.2. The van der Waals surface area contributed by atoms with Gasteiger partial charge in [-0.15, -0.1) is 21.5 Å². The fourth-order valence-corrected chi connectivity index (χ4v) is 5.19. The molecule has 2 aromatic carbocycles. The number of para-hydroxylation sites is 1. The molecule has 0 aliphatic rings. The fraction of sp³-hybridized carbons (Fsp3) is 0.150. The summed E-state index contributed by atoms with van der Waals surface area (Å²) < 4.78 is 3.23. The Balaban J connectivity index is 1.52. The average Bonchev–Trinajstić information content (AvgIpc) is 3.32. The first-order valence-corrected chi connectivity index (χ1v) is 11.5. The molecule has 4 aromatic rings. The number of thioether (sulfide) groups is 1. The Kier molecular flexibility index (Phi) is 6.10. The Hall–Kier alpha value is -2.06. The molecule has 0 spiro atoms. The molecule has 0 aliphatic carbocycles. The molecule has 2 heterocycles. The summed E-state index contributed by atoms with van der Waals surface area (Å²) in [6.07, 6.45) is 0. The highest BCUT2D eigenvalue weighted by molar-refractivity contribution is 7.99. The van der Waals surface area contributed by atoms with Crippen molar-refractivity contribution in [1.82, 2.24) is 14.8 Å². The van der Waals surface area contributed by atoms with Crippen LogP contribution in [0.15, 0.2) is 53.0 Å². The summed E-state index contributed by atoms with van der Waals surface area (Å²) in [6.45, 7) is 2.74. The van der Waals surface area contributed by atoms with E-state index in [0.29, 0.717) is 27.4 Å². The molecule has 5 nitrogen and oxygen atoms in total. The van der Waals surface area contributed by atoms with Crippen LogP contribution in [0.3, 0.4) is 0 Å². The Morgan fingerprint density at radius 3 is 2.66 bits per heavy atom. The van der Waals surface area contributed by atoms with Gasteiger partial charge in [0.1, 0.15) is 0 Å². The van der Waals surface area contributed by atoms with Crippen molar-refractivity contribution in [3.63, 3.8) is 0 Å². The second-order valence-corrected chi connectivity index (χ2v) is 8.80. The summed E-state index contributed by atoms with van der Waals surface area (Å²) in [5.74, 6) is 0.768. The molecule has 29 heavy (non-hydrogen) atoms. The first kappa shape index (κ1) is 20.2. The highest BCUT2D eigenvalue weighted by Crippen LogP contribution is 2.34. The lowest BCUT2D eigenvalue weighted by Crippen LogP contribution is -2.15. The lowest BCUT2D eigenvalue weighted by molar-refractivity contribution is -0.113. The van der Waals surface area contributed by atoms with Crippen molar-refractivity contribution < 1.29 is 4.79 Å². The van der Waals surface area contributed by atoms with Crippen molar-refractivity contribution in [2.45, 2.75) is 18.6 Å². The molecule has 0 fully saturated rings. The molecule has 1 amide bonds. The maximum absolute atomic E-state index is 12.4. The molecular formula is C20H16Cl2N4OS2. The molecular weight excluding hydrogens is 447 g/mol. The minimum atomic E-state index is -0.210. The van der Waals surface area contributed by atoms with Crippen LogP contribution < -0.4 is 5.32 Å². The number of nitrogens with one attached hydrogen (secondary N) is 1. The van der Waals surface area contributed by atoms with Gasteiger partial charge in [-0.2, -0.15) is 0 Å². The van der Waals surface area contributed by atoms with Crippen LogP contribution in [0.1, 0.15) is 6.92 Å². The normalized spacial score (nSPS) is 11.1. The third kappa shape index (κ3) is 4.14. The summed E-state index contributed by atoms with van der Waals surface area (Å²) in [6, 6.07) is 13.3. The van der Waals surface area contributed by atoms with Gasteiger partial charge in [0.15, 0.2) is 11.0 Å². The number of aromatic nitrogens is 3. The van der Waals surface area contributed by atoms with E-state index in [1.165, 1.54) is 16.5 Å². The van der Waals surface area contributed by atoms with Crippen LogP contribution in [0.5, 0.6) is 0 Å². The van der Waals surface area contributed by atoms with E-state index in [9.17, 15) is 4.79 Å². The number of carbonyl (C=O) groups is 1. The Labute approximate surface area is 186 Å². The maximum atomic E-state index is 12.4. The van der Waals surface area contributed by atoms with Crippen molar-refractivity contribution in [2.75, 3.05) is 11.1 Å². The number of anilines is 1. The number of hydrogen-bond acceptors (Lipinski definition) is 5. The van der Waals surface area contributed by atoms with Gasteiger partial charge in [0, 0.05) is 27.6 Å². The summed E-state index contributed by atoms with van der Waals surface area (Å²) in [5, 5.41) is 16.2. The second kappa shape index (κ2) is 8.75. The minimum absolute atomic E-state index is 0.171. The van der Waals surface area contributed by atoms with Crippen molar-refractivity contribution >= 4 is 68.0 Å². The van der Waals surface area contributed by atoms with E-state index in [-0.39, 0.29) is 11.7 Å².